The molecule has 1 nitrogen and oxygen atoms in total. The van der Waals surface area contributed by atoms with Gasteiger partial charge in [0.15, 0.2) is 0 Å². The van der Waals surface area contributed by atoms with Crippen LogP contribution in [0.4, 0.5) is 0 Å². The van der Waals surface area contributed by atoms with Crippen molar-refractivity contribution in [1.82, 2.24) is 0 Å². The average molecular weight is 210 g/mol. The van der Waals surface area contributed by atoms with Gasteiger partial charge in [0, 0.05) is 0 Å². The molecule has 1 heteroatoms. The van der Waals surface area contributed by atoms with Gasteiger partial charge in [0.2, 0.25) is 0 Å². The summed E-state index contributed by atoms with van der Waals surface area (Å²) in [6.45, 7) is 13.5. The Balaban J connectivity index is 2.60. The molecule has 0 spiro atoms. The van der Waals surface area contributed by atoms with E-state index in [0.29, 0.717) is 11.3 Å². The fourth-order valence-corrected chi connectivity index (χ4v) is 3.22. The van der Waals surface area contributed by atoms with Crippen LogP contribution >= 0.6 is 0 Å². The molecule has 0 heterocycles. The third-order valence-electron chi connectivity index (χ3n) is 4.66. The van der Waals surface area contributed by atoms with Crippen molar-refractivity contribution in [3.8, 4) is 0 Å². The van der Waals surface area contributed by atoms with E-state index < -0.39 is 0 Å². The maximum Gasteiger partial charge on any atom is 0.0639 e. The third-order valence-corrected chi connectivity index (χ3v) is 4.66. The van der Waals surface area contributed by atoms with E-state index in [2.05, 4.69) is 34.3 Å². The molecule has 1 rings (SSSR count). The molecule has 3 atom stereocenters. The minimum absolute atomic E-state index is 0.146. The molecular weight excluding hydrogens is 184 g/mol. The lowest BCUT2D eigenvalue weighted by Gasteiger charge is -2.35. The highest BCUT2D eigenvalue weighted by atomic mass is 16.3. The zero-order chi connectivity index (χ0) is 11.6. The predicted molar refractivity (Wildman–Crippen MR) is 65.7 cm³/mol. The zero-order valence-corrected chi connectivity index (χ0v) is 10.7. The molecule has 1 fully saturated rings. The first kappa shape index (κ1) is 12.8. The highest BCUT2D eigenvalue weighted by Gasteiger charge is 2.42. The summed E-state index contributed by atoms with van der Waals surface area (Å²) < 4.78 is 0. The average Bonchev–Trinajstić information content (AvgIpc) is 2.41. The van der Waals surface area contributed by atoms with Crippen LogP contribution in [0.15, 0.2) is 12.2 Å². The molecule has 1 N–H and O–H groups in total. The van der Waals surface area contributed by atoms with E-state index in [9.17, 15) is 0 Å². The van der Waals surface area contributed by atoms with Crippen LogP contribution in [0.1, 0.15) is 47.0 Å². The summed E-state index contributed by atoms with van der Waals surface area (Å²) in [4.78, 5) is 0. The minimum atomic E-state index is 0.146. The largest absolute Gasteiger partial charge is 0.392 e. The highest BCUT2D eigenvalue weighted by Crippen LogP contribution is 2.51. The quantitative estimate of drug-likeness (QED) is 0.702. The summed E-state index contributed by atoms with van der Waals surface area (Å²) in [6, 6.07) is 0. The number of hydrogen-bond acceptors (Lipinski definition) is 1. The molecule has 3 unspecified atom stereocenters. The fourth-order valence-electron chi connectivity index (χ4n) is 3.22. The van der Waals surface area contributed by atoms with Crippen molar-refractivity contribution < 1.29 is 5.11 Å². The first-order valence-electron chi connectivity index (χ1n) is 6.17. The van der Waals surface area contributed by atoms with E-state index in [1.807, 2.05) is 0 Å². The molecule has 1 aliphatic carbocycles. The van der Waals surface area contributed by atoms with Crippen molar-refractivity contribution in [1.29, 1.82) is 0 Å². The lowest BCUT2D eigenvalue weighted by molar-refractivity contribution is 0.144. The topological polar surface area (TPSA) is 20.2 Å². The molecule has 1 aliphatic rings. The van der Waals surface area contributed by atoms with Crippen molar-refractivity contribution >= 4 is 0 Å². The van der Waals surface area contributed by atoms with Crippen molar-refractivity contribution in [3.05, 3.63) is 12.2 Å². The van der Waals surface area contributed by atoms with E-state index in [1.54, 1.807) is 0 Å². The Labute approximate surface area is 94.6 Å². The molecule has 15 heavy (non-hydrogen) atoms. The first-order chi connectivity index (χ1) is 6.89. The molecule has 0 aromatic carbocycles. The second kappa shape index (κ2) is 4.69. The van der Waals surface area contributed by atoms with E-state index >= 15 is 0 Å². The Hall–Kier alpha value is -0.300. The van der Waals surface area contributed by atoms with Crippen LogP contribution in [-0.2, 0) is 0 Å². The smallest absolute Gasteiger partial charge is 0.0639 e. The highest BCUT2D eigenvalue weighted by molar-refractivity contribution is 4.99. The van der Waals surface area contributed by atoms with Crippen LogP contribution in [0.5, 0.6) is 0 Å². The van der Waals surface area contributed by atoms with Gasteiger partial charge >= 0.3 is 0 Å². The van der Waals surface area contributed by atoms with Gasteiger partial charge in [-0.1, -0.05) is 39.8 Å². The van der Waals surface area contributed by atoms with Gasteiger partial charge in [-0.25, -0.2) is 0 Å². The second-order valence-electron chi connectivity index (χ2n) is 6.00. The van der Waals surface area contributed by atoms with Crippen LogP contribution in [0.3, 0.4) is 0 Å². The summed E-state index contributed by atoms with van der Waals surface area (Å²) >= 11 is 0. The molecule has 1 saturated carbocycles. The van der Waals surface area contributed by atoms with Crippen LogP contribution in [0.25, 0.3) is 0 Å². The van der Waals surface area contributed by atoms with Crippen LogP contribution in [0.2, 0.25) is 0 Å². The van der Waals surface area contributed by atoms with Gasteiger partial charge in [-0.05, 0) is 42.4 Å². The summed E-state index contributed by atoms with van der Waals surface area (Å²) in [5, 5.41) is 9.01. The Bertz CT molecular complexity index is 229. The van der Waals surface area contributed by atoms with Crippen molar-refractivity contribution in [2.75, 3.05) is 6.61 Å². The predicted octanol–water partition coefficient (Wildman–Crippen LogP) is 3.63. The first-order valence-corrected chi connectivity index (χ1v) is 6.17. The van der Waals surface area contributed by atoms with E-state index in [-0.39, 0.29) is 6.61 Å². The van der Waals surface area contributed by atoms with E-state index in [4.69, 9.17) is 5.11 Å². The van der Waals surface area contributed by atoms with Crippen molar-refractivity contribution in [2.45, 2.75) is 47.0 Å². The van der Waals surface area contributed by atoms with Gasteiger partial charge in [0.1, 0.15) is 0 Å². The Morgan fingerprint density at radius 1 is 1.47 bits per heavy atom. The number of rotatable bonds is 4. The van der Waals surface area contributed by atoms with Crippen molar-refractivity contribution in [2.24, 2.45) is 23.2 Å². The van der Waals surface area contributed by atoms with Gasteiger partial charge in [0.05, 0.1) is 6.61 Å². The molecule has 0 radical (unpaired) electrons. The Morgan fingerprint density at radius 3 is 2.47 bits per heavy atom. The van der Waals surface area contributed by atoms with Crippen molar-refractivity contribution in [3.63, 3.8) is 0 Å². The van der Waals surface area contributed by atoms with Crippen LogP contribution in [-0.4, -0.2) is 11.7 Å². The Kier molecular flexibility index (Phi) is 3.99. The van der Waals surface area contributed by atoms with E-state index in [0.717, 1.165) is 23.8 Å². The molecule has 0 saturated heterocycles. The second-order valence-corrected chi connectivity index (χ2v) is 6.00. The number of aliphatic hydroxyl groups excluding tert-OH is 1. The molecule has 0 aromatic rings. The molecule has 0 bridgehead atoms. The fraction of sp³-hybridized carbons (Fsp3) is 0.857. The molecular formula is C14H26O. The normalized spacial score (nSPS) is 31.5. The minimum Gasteiger partial charge on any atom is -0.392 e. The van der Waals surface area contributed by atoms with Gasteiger partial charge < -0.3 is 5.11 Å². The molecule has 88 valence electrons. The standard InChI is InChI=1S/C14H26O/c1-10(9-15)8-11(2)13-7-6-12(3)14(13,4)5/h11-13,15H,1,6-9H2,2-5H3. The maximum atomic E-state index is 9.01. The molecule has 0 amide bonds. The monoisotopic (exact) mass is 210 g/mol. The van der Waals surface area contributed by atoms with Crippen LogP contribution < -0.4 is 0 Å². The third kappa shape index (κ3) is 2.63. The molecule has 0 aliphatic heterocycles. The zero-order valence-electron chi connectivity index (χ0n) is 10.7. The lowest BCUT2D eigenvalue weighted by Crippen LogP contribution is -2.28. The number of hydrogen-bond donors (Lipinski definition) is 1. The van der Waals surface area contributed by atoms with Gasteiger partial charge in [0.25, 0.3) is 0 Å². The van der Waals surface area contributed by atoms with Gasteiger partial charge in [-0.2, -0.15) is 0 Å². The summed E-state index contributed by atoms with van der Waals surface area (Å²) in [5.41, 5.74) is 1.44. The summed E-state index contributed by atoms with van der Waals surface area (Å²) in [7, 11) is 0. The maximum absolute atomic E-state index is 9.01. The lowest BCUT2D eigenvalue weighted by atomic mass is 9.70. The van der Waals surface area contributed by atoms with Gasteiger partial charge in [-0.3, -0.25) is 0 Å². The number of aliphatic hydroxyl groups is 1. The summed E-state index contributed by atoms with van der Waals surface area (Å²) in [5.74, 6) is 2.27. The Morgan fingerprint density at radius 2 is 2.07 bits per heavy atom. The summed E-state index contributed by atoms with van der Waals surface area (Å²) in [6.07, 6.45) is 3.68. The van der Waals surface area contributed by atoms with Gasteiger partial charge in [-0.15, -0.1) is 0 Å². The molecule has 0 aromatic heterocycles. The van der Waals surface area contributed by atoms with Crippen LogP contribution in [0, 0.1) is 23.2 Å². The van der Waals surface area contributed by atoms with E-state index in [1.165, 1.54) is 12.8 Å². The SMILES string of the molecule is C=C(CO)CC(C)C1CCC(C)C1(C)C.